The highest BCUT2D eigenvalue weighted by Crippen LogP contribution is 2.26. The molecule has 1 saturated heterocycles. The highest BCUT2D eigenvalue weighted by molar-refractivity contribution is 7.10. The normalized spacial score (nSPS) is 20.1. The Bertz CT molecular complexity index is 465. The van der Waals surface area contributed by atoms with Gasteiger partial charge in [0.05, 0.1) is 6.54 Å². The molecule has 0 aromatic carbocycles. The lowest BCUT2D eigenvalue weighted by molar-refractivity contribution is -0.135. The predicted octanol–water partition coefficient (Wildman–Crippen LogP) is 1.33. The first-order valence-electron chi connectivity index (χ1n) is 6.68. The SMILES string of the molecule is CC(=O)CN1CC[C@H](CC(=O)Cc2cccs2)B(O)O1. The predicted molar refractivity (Wildman–Crippen MR) is 77.3 cm³/mol. The molecule has 0 radical (unpaired) electrons. The van der Waals surface area contributed by atoms with E-state index in [4.69, 9.17) is 4.76 Å². The summed E-state index contributed by atoms with van der Waals surface area (Å²) in [7, 11) is -1.00. The summed E-state index contributed by atoms with van der Waals surface area (Å²) in [5.74, 6) is -0.0878. The van der Waals surface area contributed by atoms with E-state index in [0.29, 0.717) is 25.8 Å². The highest BCUT2D eigenvalue weighted by Gasteiger charge is 2.35. The van der Waals surface area contributed by atoms with E-state index in [2.05, 4.69) is 0 Å². The molecule has 0 amide bonds. The number of hydroxylamine groups is 2. The van der Waals surface area contributed by atoms with Crippen LogP contribution in [0, 0.1) is 0 Å². The lowest BCUT2D eigenvalue weighted by atomic mass is 9.67. The van der Waals surface area contributed by atoms with E-state index in [1.807, 2.05) is 17.5 Å². The first-order valence-corrected chi connectivity index (χ1v) is 7.56. The molecule has 1 atom stereocenters. The van der Waals surface area contributed by atoms with Gasteiger partial charge in [0.25, 0.3) is 0 Å². The third kappa shape index (κ3) is 4.52. The molecule has 7 heteroatoms. The number of nitrogens with zero attached hydrogens (tertiary/aromatic N) is 1. The molecule has 0 aliphatic carbocycles. The number of carbonyl (C=O) groups excluding carboxylic acids is 2. The second-order valence-electron chi connectivity index (χ2n) is 5.11. The zero-order valence-corrected chi connectivity index (χ0v) is 12.3. The lowest BCUT2D eigenvalue weighted by Gasteiger charge is -2.32. The molecule has 0 unspecified atom stereocenters. The number of Topliss-reactive ketones (excluding diaryl/α,β-unsaturated/α-hetero) is 2. The molecular weight excluding hydrogens is 277 g/mol. The average molecular weight is 295 g/mol. The molecule has 1 aliphatic heterocycles. The number of rotatable bonds is 6. The van der Waals surface area contributed by atoms with Crippen molar-refractivity contribution in [2.24, 2.45) is 0 Å². The summed E-state index contributed by atoms with van der Waals surface area (Å²) in [5, 5.41) is 13.3. The van der Waals surface area contributed by atoms with E-state index in [0.717, 1.165) is 4.88 Å². The maximum atomic E-state index is 12.0. The zero-order chi connectivity index (χ0) is 14.5. The second kappa shape index (κ2) is 7.13. The fraction of sp³-hybridized carbons (Fsp3) is 0.538. The van der Waals surface area contributed by atoms with Crippen molar-refractivity contribution in [3.63, 3.8) is 0 Å². The maximum absolute atomic E-state index is 12.0. The van der Waals surface area contributed by atoms with Crippen LogP contribution in [0.2, 0.25) is 5.82 Å². The fourth-order valence-corrected chi connectivity index (χ4v) is 3.02. The number of carbonyl (C=O) groups is 2. The first kappa shape index (κ1) is 15.4. The van der Waals surface area contributed by atoms with Gasteiger partial charge in [0.2, 0.25) is 0 Å². The zero-order valence-electron chi connectivity index (χ0n) is 11.4. The largest absolute Gasteiger partial charge is 0.476 e. The Balaban J connectivity index is 1.79. The van der Waals surface area contributed by atoms with Crippen LogP contribution in [0.1, 0.15) is 24.6 Å². The smallest absolute Gasteiger partial charge is 0.426 e. The Morgan fingerprint density at radius 2 is 2.40 bits per heavy atom. The van der Waals surface area contributed by atoms with Crippen molar-refractivity contribution in [1.82, 2.24) is 5.06 Å². The third-order valence-electron chi connectivity index (χ3n) is 3.25. The summed E-state index contributed by atoms with van der Waals surface area (Å²) >= 11 is 1.56. The molecule has 1 aromatic rings. The number of hydrogen-bond acceptors (Lipinski definition) is 6. The molecule has 20 heavy (non-hydrogen) atoms. The van der Waals surface area contributed by atoms with E-state index in [-0.39, 0.29) is 23.9 Å². The number of hydrogen-bond donors (Lipinski definition) is 1. The quantitative estimate of drug-likeness (QED) is 0.802. The average Bonchev–Trinajstić information content (AvgIpc) is 2.84. The van der Waals surface area contributed by atoms with Gasteiger partial charge < -0.3 is 9.78 Å². The van der Waals surface area contributed by atoms with Crippen LogP contribution in [0.4, 0.5) is 0 Å². The van der Waals surface area contributed by atoms with Crippen LogP contribution in [-0.2, 0) is 20.8 Å². The lowest BCUT2D eigenvalue weighted by Crippen LogP contribution is -2.44. The van der Waals surface area contributed by atoms with Crippen molar-refractivity contribution in [2.75, 3.05) is 13.1 Å². The standard InChI is InChI=1S/C13H18BNO4S/c1-10(16)9-15-5-4-11(14(18)19-15)7-12(17)8-13-3-2-6-20-13/h2-3,6,11,18H,4-5,7-9H2,1H3/t11-/m1/s1. The minimum absolute atomic E-state index is 0.00979. The topological polar surface area (TPSA) is 66.8 Å². The van der Waals surface area contributed by atoms with Crippen molar-refractivity contribution in [3.8, 4) is 0 Å². The molecule has 2 heterocycles. The number of ketones is 2. The van der Waals surface area contributed by atoms with Gasteiger partial charge in [-0.05, 0) is 24.8 Å². The van der Waals surface area contributed by atoms with Gasteiger partial charge in [0.1, 0.15) is 11.6 Å². The van der Waals surface area contributed by atoms with Crippen LogP contribution in [0.5, 0.6) is 0 Å². The van der Waals surface area contributed by atoms with Gasteiger partial charge in [-0.15, -0.1) is 11.3 Å². The molecule has 0 spiro atoms. The van der Waals surface area contributed by atoms with Crippen LogP contribution in [0.15, 0.2) is 17.5 Å². The monoisotopic (exact) mass is 295 g/mol. The summed E-state index contributed by atoms with van der Waals surface area (Å²) in [5.41, 5.74) is 0. The maximum Gasteiger partial charge on any atom is 0.476 e. The van der Waals surface area contributed by atoms with Crippen molar-refractivity contribution in [2.45, 2.75) is 32.0 Å². The van der Waals surface area contributed by atoms with Gasteiger partial charge >= 0.3 is 7.12 Å². The molecule has 108 valence electrons. The molecule has 2 rings (SSSR count). The Kier molecular flexibility index (Phi) is 5.48. The summed E-state index contributed by atoms with van der Waals surface area (Å²) < 4.78 is 5.26. The minimum atomic E-state index is -1.00. The molecule has 1 fully saturated rings. The van der Waals surface area contributed by atoms with Crippen LogP contribution in [-0.4, -0.2) is 41.9 Å². The molecular formula is C13H18BNO4S. The van der Waals surface area contributed by atoms with Gasteiger partial charge in [0, 0.05) is 30.1 Å². The van der Waals surface area contributed by atoms with Gasteiger partial charge in [-0.2, -0.15) is 5.06 Å². The Labute approximate surface area is 122 Å². The molecule has 1 N–H and O–H groups in total. The van der Waals surface area contributed by atoms with Gasteiger partial charge in [-0.25, -0.2) is 0 Å². The summed E-state index contributed by atoms with van der Waals surface area (Å²) in [6.07, 6.45) is 1.38. The number of thiophene rings is 1. The van der Waals surface area contributed by atoms with Gasteiger partial charge in [-0.1, -0.05) is 6.07 Å². The summed E-state index contributed by atoms with van der Waals surface area (Å²) in [6, 6.07) is 3.86. The Hall–Kier alpha value is -1.02. The molecule has 1 aromatic heterocycles. The van der Waals surface area contributed by atoms with Gasteiger partial charge in [0.15, 0.2) is 0 Å². The molecule has 5 nitrogen and oxygen atoms in total. The van der Waals surface area contributed by atoms with Gasteiger partial charge in [-0.3, -0.25) is 9.59 Å². The molecule has 0 saturated carbocycles. The summed E-state index contributed by atoms with van der Waals surface area (Å²) in [4.78, 5) is 24.0. The van der Waals surface area contributed by atoms with E-state index >= 15 is 0 Å². The molecule has 0 bridgehead atoms. The highest BCUT2D eigenvalue weighted by atomic mass is 32.1. The van der Waals surface area contributed by atoms with Crippen LogP contribution >= 0.6 is 11.3 Å². The van der Waals surface area contributed by atoms with Crippen molar-refractivity contribution >= 4 is 30.0 Å². The minimum Gasteiger partial charge on any atom is -0.426 e. The van der Waals surface area contributed by atoms with Crippen LogP contribution < -0.4 is 0 Å². The van der Waals surface area contributed by atoms with E-state index in [1.165, 1.54) is 12.0 Å². The van der Waals surface area contributed by atoms with Crippen molar-refractivity contribution in [1.29, 1.82) is 0 Å². The first-order chi connectivity index (χ1) is 9.54. The third-order valence-corrected chi connectivity index (χ3v) is 4.13. The van der Waals surface area contributed by atoms with Crippen molar-refractivity contribution < 1.29 is 19.4 Å². The van der Waals surface area contributed by atoms with E-state index in [1.54, 1.807) is 11.3 Å². The Morgan fingerprint density at radius 3 is 3.00 bits per heavy atom. The molecule has 1 aliphatic rings. The van der Waals surface area contributed by atoms with Crippen LogP contribution in [0.25, 0.3) is 0 Å². The van der Waals surface area contributed by atoms with Crippen molar-refractivity contribution in [3.05, 3.63) is 22.4 Å². The van der Waals surface area contributed by atoms with Crippen LogP contribution in [0.3, 0.4) is 0 Å². The fourth-order valence-electron chi connectivity index (χ4n) is 2.28. The second-order valence-corrected chi connectivity index (χ2v) is 6.14. The van der Waals surface area contributed by atoms with E-state index in [9.17, 15) is 14.6 Å². The summed E-state index contributed by atoms with van der Waals surface area (Å²) in [6.45, 7) is 2.22. The van der Waals surface area contributed by atoms with E-state index < -0.39 is 7.12 Å². The Morgan fingerprint density at radius 1 is 1.60 bits per heavy atom.